The lowest BCUT2D eigenvalue weighted by Crippen LogP contribution is -2.37. The van der Waals surface area contributed by atoms with Gasteiger partial charge in [0.25, 0.3) is 5.91 Å². The number of amides is 3. The molecule has 0 fully saturated rings. The molecule has 0 unspecified atom stereocenters. The van der Waals surface area contributed by atoms with E-state index < -0.39 is 24.5 Å². The number of pyridine rings is 1. The first-order valence-corrected chi connectivity index (χ1v) is 7.08. The number of rotatable bonds is 4. The van der Waals surface area contributed by atoms with Crippen LogP contribution in [0.5, 0.6) is 0 Å². The van der Waals surface area contributed by atoms with Crippen LogP contribution in [-0.4, -0.2) is 29.5 Å². The van der Waals surface area contributed by atoms with Crippen LogP contribution in [0.3, 0.4) is 0 Å². The van der Waals surface area contributed by atoms with Gasteiger partial charge in [0.1, 0.15) is 0 Å². The van der Waals surface area contributed by atoms with Crippen molar-refractivity contribution in [3.05, 3.63) is 41.1 Å². The number of fused-ring (bicyclic) bond motifs is 1. The molecule has 0 aliphatic rings. The van der Waals surface area contributed by atoms with Gasteiger partial charge in [-0.05, 0) is 25.0 Å². The minimum atomic E-state index is -0.996. The molecule has 0 aliphatic carbocycles. The van der Waals surface area contributed by atoms with Gasteiger partial charge in [-0.1, -0.05) is 25.1 Å². The van der Waals surface area contributed by atoms with Gasteiger partial charge in [-0.25, -0.2) is 9.59 Å². The van der Waals surface area contributed by atoms with Crippen molar-refractivity contribution in [2.24, 2.45) is 5.73 Å². The third-order valence-electron chi connectivity index (χ3n) is 3.37. The maximum atomic E-state index is 12.4. The molecular weight excluding hydrogens is 298 g/mol. The number of para-hydroxylation sites is 1. The molecule has 1 aromatic heterocycles. The molecule has 0 bridgehead atoms. The quantitative estimate of drug-likeness (QED) is 0.830. The zero-order valence-electron chi connectivity index (χ0n) is 12.9. The number of carbonyl (C=O) groups is 3. The Labute approximate surface area is 132 Å². The second-order valence-corrected chi connectivity index (χ2v) is 4.92. The van der Waals surface area contributed by atoms with Crippen LogP contribution >= 0.6 is 0 Å². The van der Waals surface area contributed by atoms with Crippen molar-refractivity contribution in [3.8, 4) is 0 Å². The minimum Gasteiger partial charge on any atom is -0.452 e. The minimum absolute atomic E-state index is 0.374. The third-order valence-corrected chi connectivity index (χ3v) is 3.37. The second-order valence-electron chi connectivity index (χ2n) is 4.92. The van der Waals surface area contributed by atoms with Crippen LogP contribution in [0.2, 0.25) is 0 Å². The highest BCUT2D eigenvalue weighted by Gasteiger charge is 2.19. The van der Waals surface area contributed by atoms with E-state index in [1.54, 1.807) is 19.1 Å². The smallest absolute Gasteiger partial charge is 0.339 e. The van der Waals surface area contributed by atoms with E-state index in [4.69, 9.17) is 10.5 Å². The molecule has 23 heavy (non-hydrogen) atoms. The van der Waals surface area contributed by atoms with Gasteiger partial charge in [0.2, 0.25) is 0 Å². The van der Waals surface area contributed by atoms with E-state index in [2.05, 4.69) is 4.98 Å². The Morgan fingerprint density at radius 1 is 1.26 bits per heavy atom. The maximum Gasteiger partial charge on any atom is 0.339 e. The van der Waals surface area contributed by atoms with E-state index in [0.717, 1.165) is 5.69 Å². The number of esters is 1. The Kier molecular flexibility index (Phi) is 4.90. The Morgan fingerprint density at radius 3 is 2.61 bits per heavy atom. The molecule has 0 spiro atoms. The van der Waals surface area contributed by atoms with Crippen molar-refractivity contribution >= 4 is 28.8 Å². The summed E-state index contributed by atoms with van der Waals surface area (Å²) in [6, 6.07) is 6.22. The zero-order chi connectivity index (χ0) is 17.0. The van der Waals surface area contributed by atoms with Gasteiger partial charge >= 0.3 is 12.0 Å². The predicted molar refractivity (Wildman–Crippen MR) is 83.9 cm³/mol. The van der Waals surface area contributed by atoms with E-state index in [0.29, 0.717) is 28.5 Å². The number of nitrogens with two attached hydrogens (primary N) is 1. The largest absolute Gasteiger partial charge is 0.452 e. The average Bonchev–Trinajstić information content (AvgIpc) is 2.51. The summed E-state index contributed by atoms with van der Waals surface area (Å²) in [5, 5.41) is 2.49. The molecule has 3 N–H and O–H groups in total. The van der Waals surface area contributed by atoms with Gasteiger partial charge in [0.15, 0.2) is 6.61 Å². The molecule has 3 amide bonds. The van der Waals surface area contributed by atoms with E-state index in [1.807, 2.05) is 24.4 Å². The predicted octanol–water partition coefficient (Wildman–Crippen LogP) is 1.46. The van der Waals surface area contributed by atoms with Crippen LogP contribution in [0.4, 0.5) is 4.79 Å². The van der Waals surface area contributed by atoms with E-state index in [1.165, 1.54) is 0 Å². The fourth-order valence-corrected chi connectivity index (χ4v) is 2.34. The number of nitrogens with one attached hydrogen (secondary N) is 1. The first-order valence-electron chi connectivity index (χ1n) is 7.08. The fraction of sp³-hybridized carbons (Fsp3) is 0.250. The number of aryl methyl sites for hydroxylation is 1. The lowest BCUT2D eigenvalue weighted by Gasteiger charge is -2.13. The molecule has 0 saturated carbocycles. The highest BCUT2D eigenvalue weighted by Crippen LogP contribution is 2.24. The van der Waals surface area contributed by atoms with Crippen molar-refractivity contribution in [1.82, 2.24) is 10.3 Å². The summed E-state index contributed by atoms with van der Waals surface area (Å²) in [6.45, 7) is 3.15. The molecule has 7 heteroatoms. The van der Waals surface area contributed by atoms with E-state index in [9.17, 15) is 14.4 Å². The summed E-state index contributed by atoms with van der Waals surface area (Å²) in [5.74, 6) is -1.42. The number of ether oxygens (including phenoxy) is 1. The summed E-state index contributed by atoms with van der Waals surface area (Å²) in [5.41, 5.74) is 7.39. The lowest BCUT2D eigenvalue weighted by atomic mass is 10.0. The van der Waals surface area contributed by atoms with Crippen LogP contribution in [-0.2, 0) is 16.0 Å². The molecule has 0 aliphatic heterocycles. The van der Waals surface area contributed by atoms with Crippen molar-refractivity contribution in [2.45, 2.75) is 20.3 Å². The first-order chi connectivity index (χ1) is 10.9. The number of aromatic nitrogens is 1. The third kappa shape index (κ3) is 3.63. The molecule has 0 saturated heterocycles. The number of nitrogens with zero attached hydrogens (tertiary/aromatic N) is 1. The molecule has 2 aromatic rings. The van der Waals surface area contributed by atoms with Gasteiger partial charge in [-0.2, -0.15) is 0 Å². The summed E-state index contributed by atoms with van der Waals surface area (Å²) in [7, 11) is 0. The standard InChI is InChI=1S/C16H17N3O4/c1-3-11-9(2)14(10-6-4-5-7-12(10)18-11)15(21)23-8-13(20)19-16(17)22/h4-7H,3,8H2,1-2H3,(H3,17,19,20,22). The number of urea groups is 1. The highest BCUT2D eigenvalue weighted by molar-refractivity contribution is 6.05. The molecule has 7 nitrogen and oxygen atoms in total. The Morgan fingerprint density at radius 2 is 1.96 bits per heavy atom. The van der Waals surface area contributed by atoms with Gasteiger partial charge in [0.05, 0.1) is 11.1 Å². The van der Waals surface area contributed by atoms with E-state index >= 15 is 0 Å². The number of benzene rings is 1. The lowest BCUT2D eigenvalue weighted by molar-refractivity contribution is -0.123. The molecule has 0 radical (unpaired) electrons. The number of hydrogen-bond donors (Lipinski definition) is 2. The average molecular weight is 315 g/mol. The highest BCUT2D eigenvalue weighted by atomic mass is 16.5. The molecular formula is C16H17N3O4. The molecule has 1 aromatic carbocycles. The van der Waals surface area contributed by atoms with Crippen molar-refractivity contribution in [2.75, 3.05) is 6.61 Å². The van der Waals surface area contributed by atoms with Crippen LogP contribution < -0.4 is 11.1 Å². The van der Waals surface area contributed by atoms with Crippen molar-refractivity contribution in [3.63, 3.8) is 0 Å². The summed E-state index contributed by atoms with van der Waals surface area (Å²) in [4.78, 5) is 38.9. The normalized spacial score (nSPS) is 10.3. The van der Waals surface area contributed by atoms with Gasteiger partial charge in [-0.15, -0.1) is 0 Å². The maximum absolute atomic E-state index is 12.4. The summed E-state index contributed by atoms with van der Waals surface area (Å²) < 4.78 is 4.99. The van der Waals surface area contributed by atoms with Crippen LogP contribution in [0, 0.1) is 6.92 Å². The number of hydrogen-bond acceptors (Lipinski definition) is 5. The first kappa shape index (κ1) is 16.4. The number of carbonyl (C=O) groups excluding carboxylic acids is 3. The number of imide groups is 1. The molecule has 2 rings (SSSR count). The monoisotopic (exact) mass is 315 g/mol. The Balaban J connectivity index is 2.34. The number of primary amides is 1. The molecule has 1 heterocycles. The van der Waals surface area contributed by atoms with Crippen LogP contribution in [0.15, 0.2) is 24.3 Å². The SMILES string of the molecule is CCc1nc2ccccc2c(C(=O)OCC(=O)NC(N)=O)c1C. The second kappa shape index (κ2) is 6.87. The van der Waals surface area contributed by atoms with Crippen LogP contribution in [0.1, 0.15) is 28.5 Å². The topological polar surface area (TPSA) is 111 Å². The molecule has 120 valence electrons. The van der Waals surface area contributed by atoms with Crippen molar-refractivity contribution in [1.29, 1.82) is 0 Å². The van der Waals surface area contributed by atoms with Gasteiger partial charge in [-0.3, -0.25) is 15.1 Å². The van der Waals surface area contributed by atoms with Crippen LogP contribution in [0.25, 0.3) is 10.9 Å². The van der Waals surface area contributed by atoms with E-state index in [-0.39, 0.29) is 0 Å². The van der Waals surface area contributed by atoms with Gasteiger partial charge in [0, 0.05) is 11.1 Å². The zero-order valence-corrected chi connectivity index (χ0v) is 12.9. The molecule has 0 atom stereocenters. The summed E-state index contributed by atoms with van der Waals surface area (Å²) >= 11 is 0. The van der Waals surface area contributed by atoms with Gasteiger partial charge < -0.3 is 10.5 Å². The Hall–Kier alpha value is -2.96. The Bertz CT molecular complexity index is 786. The summed E-state index contributed by atoms with van der Waals surface area (Å²) in [6.07, 6.45) is 0.666. The van der Waals surface area contributed by atoms with Crippen molar-refractivity contribution < 1.29 is 19.1 Å². The fourth-order valence-electron chi connectivity index (χ4n) is 2.34.